The van der Waals surface area contributed by atoms with Crippen molar-refractivity contribution in [2.24, 2.45) is 0 Å². The number of ether oxygens (including phenoxy) is 1. The summed E-state index contributed by atoms with van der Waals surface area (Å²) in [7, 11) is 0. The van der Waals surface area contributed by atoms with E-state index in [1.807, 2.05) is 72.9 Å². The number of anilines is 1. The minimum Gasteiger partial charge on any atom is -0.489 e. The van der Waals surface area contributed by atoms with E-state index in [1.165, 1.54) is 0 Å². The van der Waals surface area contributed by atoms with Gasteiger partial charge in [0.1, 0.15) is 12.4 Å². The lowest BCUT2D eigenvalue weighted by atomic mass is 10.1. The van der Waals surface area contributed by atoms with Gasteiger partial charge in [-0.2, -0.15) is 4.98 Å². The van der Waals surface area contributed by atoms with Gasteiger partial charge in [-0.3, -0.25) is 0 Å². The molecule has 0 atom stereocenters. The third kappa shape index (κ3) is 2.92. The first-order valence-corrected chi connectivity index (χ1v) is 7.67. The summed E-state index contributed by atoms with van der Waals surface area (Å²) in [5, 5.41) is 4.08. The Labute approximate surface area is 139 Å². The quantitative estimate of drug-likeness (QED) is 0.625. The van der Waals surface area contributed by atoms with Gasteiger partial charge in [0.15, 0.2) is 5.65 Å². The van der Waals surface area contributed by atoms with Crippen LogP contribution in [0.4, 0.5) is 5.95 Å². The Bertz CT molecular complexity index is 962. The minimum absolute atomic E-state index is 0.275. The zero-order valence-corrected chi connectivity index (χ0v) is 13.0. The number of nitrogen functional groups attached to an aromatic ring is 1. The van der Waals surface area contributed by atoms with Gasteiger partial charge in [0.05, 0.1) is 0 Å². The van der Waals surface area contributed by atoms with E-state index < -0.39 is 0 Å². The number of fused-ring (bicyclic) bond motifs is 1. The van der Waals surface area contributed by atoms with Crippen LogP contribution in [0, 0.1) is 0 Å². The van der Waals surface area contributed by atoms with Gasteiger partial charge in [-0.1, -0.05) is 42.5 Å². The topological polar surface area (TPSA) is 65.4 Å². The largest absolute Gasteiger partial charge is 0.489 e. The smallest absolute Gasteiger partial charge is 0.240 e. The van der Waals surface area contributed by atoms with Crippen molar-refractivity contribution in [2.45, 2.75) is 6.61 Å². The summed E-state index contributed by atoms with van der Waals surface area (Å²) in [6.07, 6.45) is 1.86. The summed E-state index contributed by atoms with van der Waals surface area (Å²) in [4.78, 5) is 4.18. The lowest BCUT2D eigenvalue weighted by Gasteiger charge is -2.07. The highest BCUT2D eigenvalue weighted by Gasteiger charge is 2.04. The molecular formula is C19H16N4O. The molecule has 0 fully saturated rings. The Morgan fingerprint density at radius 2 is 1.71 bits per heavy atom. The molecule has 4 rings (SSSR count). The molecule has 2 aromatic carbocycles. The Morgan fingerprint density at radius 1 is 0.917 bits per heavy atom. The standard InChI is InChI=1S/C19H16N4O/c20-19-21-18-12-16(10-11-23(18)22-19)15-6-8-17(9-7-15)24-13-14-4-2-1-3-5-14/h1-12H,13H2,(H2,20,22). The average molecular weight is 316 g/mol. The SMILES string of the molecule is Nc1nc2cc(-c3ccc(OCc4ccccc4)cc3)ccn2n1. The summed E-state index contributed by atoms with van der Waals surface area (Å²) >= 11 is 0. The Morgan fingerprint density at radius 3 is 2.50 bits per heavy atom. The highest BCUT2D eigenvalue weighted by molar-refractivity contribution is 5.68. The van der Waals surface area contributed by atoms with Crippen LogP contribution in [0.1, 0.15) is 5.56 Å². The molecule has 0 radical (unpaired) electrons. The Kier molecular flexibility index (Phi) is 3.59. The van der Waals surface area contributed by atoms with Crippen LogP contribution in [0.15, 0.2) is 72.9 Å². The molecule has 4 aromatic rings. The molecule has 0 spiro atoms. The molecule has 24 heavy (non-hydrogen) atoms. The molecule has 0 aliphatic carbocycles. The van der Waals surface area contributed by atoms with Crippen LogP contribution in [0.25, 0.3) is 16.8 Å². The number of aromatic nitrogens is 3. The van der Waals surface area contributed by atoms with Crippen LogP contribution in [0.5, 0.6) is 5.75 Å². The van der Waals surface area contributed by atoms with E-state index in [0.29, 0.717) is 6.61 Å². The molecule has 0 unspecified atom stereocenters. The highest BCUT2D eigenvalue weighted by atomic mass is 16.5. The molecule has 2 aromatic heterocycles. The van der Waals surface area contributed by atoms with E-state index in [2.05, 4.69) is 10.1 Å². The van der Waals surface area contributed by atoms with Crippen molar-refractivity contribution < 1.29 is 4.74 Å². The summed E-state index contributed by atoms with van der Waals surface area (Å²) in [5.41, 5.74) is 9.65. The first kappa shape index (κ1) is 14.3. The number of benzene rings is 2. The number of pyridine rings is 1. The maximum atomic E-state index is 5.81. The first-order valence-electron chi connectivity index (χ1n) is 7.67. The van der Waals surface area contributed by atoms with Crippen molar-refractivity contribution in [1.82, 2.24) is 14.6 Å². The fourth-order valence-electron chi connectivity index (χ4n) is 2.56. The molecule has 5 heteroatoms. The van der Waals surface area contributed by atoms with Crippen LogP contribution in [0.2, 0.25) is 0 Å². The van der Waals surface area contributed by atoms with E-state index in [4.69, 9.17) is 10.5 Å². The highest BCUT2D eigenvalue weighted by Crippen LogP contribution is 2.24. The fraction of sp³-hybridized carbons (Fsp3) is 0.0526. The van der Waals surface area contributed by atoms with E-state index in [9.17, 15) is 0 Å². The van der Waals surface area contributed by atoms with Crippen molar-refractivity contribution in [3.63, 3.8) is 0 Å². The molecule has 118 valence electrons. The Hall–Kier alpha value is -3.34. The third-order valence-electron chi connectivity index (χ3n) is 3.79. The number of rotatable bonds is 4. The number of hydrogen-bond donors (Lipinski definition) is 1. The third-order valence-corrected chi connectivity index (χ3v) is 3.79. The second kappa shape index (κ2) is 6.04. The zero-order valence-electron chi connectivity index (χ0n) is 13.0. The summed E-state index contributed by atoms with van der Waals surface area (Å²) in [5.74, 6) is 1.12. The molecular weight excluding hydrogens is 300 g/mol. The van der Waals surface area contributed by atoms with E-state index in [-0.39, 0.29) is 5.95 Å². The predicted molar refractivity (Wildman–Crippen MR) is 93.6 cm³/mol. The second-order valence-corrected chi connectivity index (χ2v) is 5.49. The van der Waals surface area contributed by atoms with Gasteiger partial charge < -0.3 is 10.5 Å². The van der Waals surface area contributed by atoms with Gasteiger partial charge in [0.2, 0.25) is 5.95 Å². The summed E-state index contributed by atoms with van der Waals surface area (Å²) < 4.78 is 7.48. The molecule has 0 bridgehead atoms. The van der Waals surface area contributed by atoms with Gasteiger partial charge in [-0.25, -0.2) is 4.52 Å². The van der Waals surface area contributed by atoms with Gasteiger partial charge in [-0.15, -0.1) is 5.10 Å². The van der Waals surface area contributed by atoms with E-state index in [1.54, 1.807) is 4.52 Å². The van der Waals surface area contributed by atoms with Crippen LogP contribution in [0.3, 0.4) is 0 Å². The van der Waals surface area contributed by atoms with Crippen molar-refractivity contribution in [1.29, 1.82) is 0 Å². The second-order valence-electron chi connectivity index (χ2n) is 5.49. The van der Waals surface area contributed by atoms with E-state index in [0.717, 1.165) is 28.1 Å². The van der Waals surface area contributed by atoms with Crippen molar-refractivity contribution in [2.75, 3.05) is 5.73 Å². The number of nitrogens with zero attached hydrogens (tertiary/aromatic N) is 3. The van der Waals surface area contributed by atoms with Crippen molar-refractivity contribution in [3.8, 4) is 16.9 Å². The molecule has 0 saturated carbocycles. The van der Waals surface area contributed by atoms with Gasteiger partial charge >= 0.3 is 0 Å². The van der Waals surface area contributed by atoms with Crippen LogP contribution in [-0.2, 0) is 6.61 Å². The lowest BCUT2D eigenvalue weighted by molar-refractivity contribution is 0.306. The molecule has 0 saturated heterocycles. The molecule has 0 aliphatic heterocycles. The van der Waals surface area contributed by atoms with Gasteiger partial charge in [0.25, 0.3) is 0 Å². The van der Waals surface area contributed by atoms with Crippen LogP contribution >= 0.6 is 0 Å². The molecule has 5 nitrogen and oxygen atoms in total. The van der Waals surface area contributed by atoms with Crippen molar-refractivity contribution in [3.05, 3.63) is 78.5 Å². The Balaban J connectivity index is 1.52. The first-order chi connectivity index (χ1) is 11.8. The van der Waals surface area contributed by atoms with Crippen molar-refractivity contribution >= 4 is 11.6 Å². The maximum absolute atomic E-state index is 5.81. The minimum atomic E-state index is 0.275. The zero-order chi connectivity index (χ0) is 16.4. The fourth-order valence-corrected chi connectivity index (χ4v) is 2.56. The lowest BCUT2D eigenvalue weighted by Crippen LogP contribution is -1.94. The van der Waals surface area contributed by atoms with Gasteiger partial charge in [-0.05, 0) is 41.0 Å². The number of hydrogen-bond acceptors (Lipinski definition) is 4. The molecule has 0 aliphatic rings. The molecule has 2 N–H and O–H groups in total. The molecule has 2 heterocycles. The molecule has 0 amide bonds. The number of nitrogens with two attached hydrogens (primary N) is 1. The average Bonchev–Trinajstić information content (AvgIpc) is 3.00. The monoisotopic (exact) mass is 316 g/mol. The van der Waals surface area contributed by atoms with Crippen LogP contribution in [-0.4, -0.2) is 14.6 Å². The van der Waals surface area contributed by atoms with Gasteiger partial charge in [0, 0.05) is 6.20 Å². The van der Waals surface area contributed by atoms with E-state index >= 15 is 0 Å². The predicted octanol–water partition coefficient (Wildman–Crippen LogP) is 3.56. The maximum Gasteiger partial charge on any atom is 0.240 e. The van der Waals surface area contributed by atoms with Crippen LogP contribution < -0.4 is 10.5 Å². The normalized spacial score (nSPS) is 10.8. The summed E-state index contributed by atoms with van der Waals surface area (Å²) in [6.45, 7) is 0.561. The summed E-state index contributed by atoms with van der Waals surface area (Å²) in [6, 6.07) is 22.1.